The summed E-state index contributed by atoms with van der Waals surface area (Å²) in [7, 11) is 1.57. The Morgan fingerprint density at radius 1 is 1.28 bits per heavy atom. The predicted octanol–water partition coefficient (Wildman–Crippen LogP) is 2.66. The number of aryl methyl sites for hydroxylation is 2. The fourth-order valence-corrected chi connectivity index (χ4v) is 2.24. The molecule has 0 atom stereocenters. The Balaban J connectivity index is 1.84. The zero-order chi connectivity index (χ0) is 18.1. The Kier molecular flexibility index (Phi) is 6.85. The zero-order valence-electron chi connectivity index (χ0n) is 14.5. The highest BCUT2D eigenvalue weighted by molar-refractivity contribution is 5.76. The average Bonchev–Trinajstić information content (AvgIpc) is 2.64. The summed E-state index contributed by atoms with van der Waals surface area (Å²) in [6, 6.07) is 9.46. The van der Waals surface area contributed by atoms with Gasteiger partial charge in [-0.15, -0.1) is 6.42 Å². The molecule has 1 N–H and O–H groups in total. The number of pyridine rings is 1. The van der Waals surface area contributed by atoms with Gasteiger partial charge in [-0.2, -0.15) is 0 Å². The molecule has 5 nitrogen and oxygen atoms in total. The molecule has 0 fully saturated rings. The maximum absolute atomic E-state index is 12.0. The molecule has 1 amide bonds. The van der Waals surface area contributed by atoms with E-state index in [-0.39, 0.29) is 12.5 Å². The summed E-state index contributed by atoms with van der Waals surface area (Å²) in [5.41, 5.74) is 2.93. The van der Waals surface area contributed by atoms with Gasteiger partial charge in [-0.3, -0.25) is 9.78 Å². The van der Waals surface area contributed by atoms with Gasteiger partial charge >= 0.3 is 0 Å². The summed E-state index contributed by atoms with van der Waals surface area (Å²) in [5.74, 6) is 3.60. The molecular formula is C20H22N2O3. The summed E-state index contributed by atoms with van der Waals surface area (Å²) in [4.78, 5) is 16.3. The minimum atomic E-state index is -0.0194. The second-order valence-corrected chi connectivity index (χ2v) is 5.58. The fourth-order valence-electron chi connectivity index (χ4n) is 2.24. The van der Waals surface area contributed by atoms with Crippen LogP contribution in [-0.4, -0.2) is 24.6 Å². The topological polar surface area (TPSA) is 60.5 Å². The van der Waals surface area contributed by atoms with Crippen LogP contribution in [-0.2, 0) is 17.8 Å². The summed E-state index contributed by atoms with van der Waals surface area (Å²) < 4.78 is 10.7. The molecule has 1 aromatic heterocycles. The van der Waals surface area contributed by atoms with Crippen molar-refractivity contribution in [2.45, 2.75) is 26.3 Å². The van der Waals surface area contributed by atoms with Crippen molar-refractivity contribution in [3.05, 3.63) is 53.3 Å². The molecule has 130 valence electrons. The molecule has 1 heterocycles. The van der Waals surface area contributed by atoms with Crippen LogP contribution in [0.3, 0.4) is 0 Å². The van der Waals surface area contributed by atoms with Crippen LogP contribution in [0.2, 0.25) is 0 Å². The van der Waals surface area contributed by atoms with Crippen molar-refractivity contribution in [2.75, 3.05) is 13.7 Å². The number of hydrogen-bond acceptors (Lipinski definition) is 4. The molecule has 0 aliphatic carbocycles. The smallest absolute Gasteiger partial charge is 0.220 e. The van der Waals surface area contributed by atoms with E-state index in [4.69, 9.17) is 15.9 Å². The van der Waals surface area contributed by atoms with E-state index in [2.05, 4.69) is 16.2 Å². The number of aromatic nitrogens is 1. The lowest BCUT2D eigenvalue weighted by Crippen LogP contribution is -2.23. The normalized spacial score (nSPS) is 9.96. The molecule has 2 rings (SSSR count). The van der Waals surface area contributed by atoms with E-state index < -0.39 is 0 Å². The molecule has 5 heteroatoms. The van der Waals surface area contributed by atoms with Gasteiger partial charge in [-0.1, -0.05) is 18.1 Å². The Morgan fingerprint density at radius 2 is 2.12 bits per heavy atom. The third-order valence-corrected chi connectivity index (χ3v) is 3.62. The van der Waals surface area contributed by atoms with Crippen molar-refractivity contribution in [2.24, 2.45) is 0 Å². The molecular weight excluding hydrogens is 316 g/mol. The Hall–Kier alpha value is -3.00. The van der Waals surface area contributed by atoms with Crippen LogP contribution >= 0.6 is 0 Å². The van der Waals surface area contributed by atoms with Gasteiger partial charge in [0.15, 0.2) is 11.5 Å². The first-order valence-electron chi connectivity index (χ1n) is 8.03. The number of nitrogens with one attached hydrogen (secondary N) is 1. The molecule has 0 saturated carbocycles. The van der Waals surface area contributed by atoms with Gasteiger partial charge < -0.3 is 14.8 Å². The highest BCUT2D eigenvalue weighted by Crippen LogP contribution is 2.28. The number of terminal acetylenes is 1. The molecule has 0 saturated heterocycles. The standard InChI is InChI=1S/C20H22N2O3/c1-4-11-25-18-9-6-16(12-19(18)24-3)7-10-20(23)22-14-17-8-5-15(2)13-21-17/h1,5-6,8-9,12-13H,7,10-11,14H2,2-3H3,(H,22,23). The SMILES string of the molecule is C#CCOc1ccc(CCC(=O)NCc2ccc(C)cn2)cc1OC. The summed E-state index contributed by atoms with van der Waals surface area (Å²) in [5, 5.41) is 2.88. The maximum Gasteiger partial charge on any atom is 0.220 e. The monoisotopic (exact) mass is 338 g/mol. The number of benzene rings is 1. The van der Waals surface area contributed by atoms with E-state index in [0.717, 1.165) is 16.8 Å². The van der Waals surface area contributed by atoms with Gasteiger partial charge in [0.2, 0.25) is 5.91 Å². The number of amides is 1. The summed E-state index contributed by atoms with van der Waals surface area (Å²) in [6.07, 6.45) is 7.98. The third-order valence-electron chi connectivity index (χ3n) is 3.62. The van der Waals surface area contributed by atoms with E-state index in [9.17, 15) is 4.79 Å². The lowest BCUT2D eigenvalue weighted by molar-refractivity contribution is -0.121. The van der Waals surface area contributed by atoms with Crippen molar-refractivity contribution in [1.82, 2.24) is 10.3 Å². The molecule has 0 bridgehead atoms. The lowest BCUT2D eigenvalue weighted by Gasteiger charge is -2.11. The highest BCUT2D eigenvalue weighted by atomic mass is 16.5. The summed E-state index contributed by atoms with van der Waals surface area (Å²) in [6.45, 7) is 2.60. The number of rotatable bonds is 8. The summed E-state index contributed by atoms with van der Waals surface area (Å²) >= 11 is 0. The Bertz CT molecular complexity index is 749. The van der Waals surface area contributed by atoms with Crippen LogP contribution in [0.1, 0.15) is 23.2 Å². The predicted molar refractivity (Wildman–Crippen MR) is 96.5 cm³/mol. The van der Waals surface area contributed by atoms with Crippen LogP contribution in [0, 0.1) is 19.3 Å². The van der Waals surface area contributed by atoms with Crippen molar-refractivity contribution in [3.8, 4) is 23.8 Å². The first-order valence-corrected chi connectivity index (χ1v) is 8.03. The van der Waals surface area contributed by atoms with Crippen molar-refractivity contribution in [3.63, 3.8) is 0 Å². The second kappa shape index (κ2) is 9.33. The highest BCUT2D eigenvalue weighted by Gasteiger charge is 2.08. The quantitative estimate of drug-likeness (QED) is 0.752. The van der Waals surface area contributed by atoms with Gasteiger partial charge in [0.05, 0.1) is 19.3 Å². The number of ether oxygens (including phenoxy) is 2. The number of methoxy groups -OCH3 is 1. The third kappa shape index (κ3) is 5.85. The van der Waals surface area contributed by atoms with Crippen LogP contribution in [0.15, 0.2) is 36.5 Å². The molecule has 0 aliphatic rings. The Morgan fingerprint density at radius 3 is 2.80 bits per heavy atom. The van der Waals surface area contributed by atoms with Gasteiger partial charge in [0, 0.05) is 12.6 Å². The molecule has 25 heavy (non-hydrogen) atoms. The lowest BCUT2D eigenvalue weighted by atomic mass is 10.1. The largest absolute Gasteiger partial charge is 0.493 e. The first-order chi connectivity index (χ1) is 12.1. The number of nitrogens with zero attached hydrogens (tertiary/aromatic N) is 1. The van der Waals surface area contributed by atoms with Crippen molar-refractivity contribution < 1.29 is 14.3 Å². The van der Waals surface area contributed by atoms with Gasteiger partial charge in [0.1, 0.15) is 6.61 Å². The van der Waals surface area contributed by atoms with Crippen LogP contribution in [0.25, 0.3) is 0 Å². The number of carbonyl (C=O) groups excluding carboxylic acids is 1. The average molecular weight is 338 g/mol. The molecule has 0 aliphatic heterocycles. The van der Waals surface area contributed by atoms with E-state index >= 15 is 0 Å². The van der Waals surface area contributed by atoms with Crippen LogP contribution in [0.5, 0.6) is 11.5 Å². The number of hydrogen-bond donors (Lipinski definition) is 1. The van der Waals surface area contributed by atoms with Crippen LogP contribution < -0.4 is 14.8 Å². The molecule has 2 aromatic rings. The molecule has 0 spiro atoms. The number of carbonyl (C=O) groups is 1. The minimum absolute atomic E-state index is 0.0194. The van der Waals surface area contributed by atoms with Gasteiger partial charge in [-0.05, 0) is 42.7 Å². The van der Waals surface area contributed by atoms with E-state index in [1.807, 2.05) is 31.2 Å². The Labute approximate surface area is 148 Å². The second-order valence-electron chi connectivity index (χ2n) is 5.58. The molecule has 0 radical (unpaired) electrons. The van der Waals surface area contributed by atoms with E-state index in [1.54, 1.807) is 19.4 Å². The van der Waals surface area contributed by atoms with Crippen LogP contribution in [0.4, 0.5) is 0 Å². The van der Waals surface area contributed by atoms with Crippen molar-refractivity contribution in [1.29, 1.82) is 0 Å². The first kappa shape index (κ1) is 18.3. The van der Waals surface area contributed by atoms with Gasteiger partial charge in [0.25, 0.3) is 0 Å². The van der Waals surface area contributed by atoms with E-state index in [1.165, 1.54) is 0 Å². The van der Waals surface area contributed by atoms with E-state index in [0.29, 0.717) is 30.9 Å². The maximum atomic E-state index is 12.0. The fraction of sp³-hybridized carbons (Fsp3) is 0.300. The molecule has 1 aromatic carbocycles. The zero-order valence-corrected chi connectivity index (χ0v) is 14.5. The minimum Gasteiger partial charge on any atom is -0.493 e. The van der Waals surface area contributed by atoms with Crippen molar-refractivity contribution >= 4 is 5.91 Å². The molecule has 0 unspecified atom stereocenters. The van der Waals surface area contributed by atoms with Gasteiger partial charge in [-0.25, -0.2) is 0 Å².